The second-order valence-electron chi connectivity index (χ2n) is 7.40. The zero-order valence-corrected chi connectivity index (χ0v) is 17.9. The third-order valence-corrected chi connectivity index (χ3v) is 6.38. The summed E-state index contributed by atoms with van der Waals surface area (Å²) in [6, 6.07) is 7.41. The zero-order valence-electron chi connectivity index (χ0n) is 16.4. The third-order valence-electron chi connectivity index (χ3n) is 5.59. The van der Waals surface area contributed by atoms with Crippen LogP contribution in [0.25, 0.3) is 0 Å². The molecule has 0 unspecified atom stereocenters. The molecule has 4 rings (SSSR count). The Balaban J connectivity index is 1.43. The number of aryl methyl sites for hydroxylation is 1. The predicted molar refractivity (Wildman–Crippen MR) is 112 cm³/mol. The van der Waals surface area contributed by atoms with Crippen molar-refractivity contribution in [2.45, 2.75) is 19.1 Å². The van der Waals surface area contributed by atoms with Crippen LogP contribution in [-0.2, 0) is 4.74 Å². The highest BCUT2D eigenvalue weighted by Crippen LogP contribution is 2.31. The van der Waals surface area contributed by atoms with Gasteiger partial charge in [0, 0.05) is 32.4 Å². The summed E-state index contributed by atoms with van der Waals surface area (Å²) in [5.74, 6) is 0.427. The van der Waals surface area contributed by atoms with E-state index >= 15 is 0 Å². The number of amides is 1. The number of nitrogens with zero attached hydrogens (tertiary/aromatic N) is 3. The fourth-order valence-electron chi connectivity index (χ4n) is 3.89. The number of rotatable bonds is 3. The number of benzene rings is 1. The topological polar surface area (TPSA) is 54.9 Å². The van der Waals surface area contributed by atoms with Crippen molar-refractivity contribution in [2.24, 2.45) is 0 Å². The van der Waals surface area contributed by atoms with Gasteiger partial charge < -0.3 is 14.4 Å². The number of morpholine rings is 1. The first-order chi connectivity index (χ1) is 14.0. The van der Waals surface area contributed by atoms with Crippen LogP contribution in [-0.4, -0.2) is 66.6 Å². The van der Waals surface area contributed by atoms with E-state index in [1.54, 1.807) is 31.5 Å². The summed E-state index contributed by atoms with van der Waals surface area (Å²) >= 11 is 12.4. The molecule has 2 aliphatic heterocycles. The Morgan fingerprint density at radius 3 is 2.86 bits per heavy atom. The number of piperazine rings is 1. The first kappa shape index (κ1) is 20.4. The fraction of sp³-hybridized carbons (Fsp3) is 0.429. The second-order valence-corrected chi connectivity index (χ2v) is 8.19. The number of methoxy groups -OCH3 is 1. The number of aromatic nitrogens is 1. The number of hydrogen-bond donors (Lipinski definition) is 0. The van der Waals surface area contributed by atoms with Crippen LogP contribution in [0, 0.1) is 6.92 Å². The molecule has 8 heteroatoms. The minimum Gasteiger partial charge on any atom is -0.495 e. The maximum Gasteiger partial charge on any atom is 0.255 e. The second kappa shape index (κ2) is 8.48. The van der Waals surface area contributed by atoms with E-state index in [4.69, 9.17) is 32.7 Å². The van der Waals surface area contributed by atoms with Crippen LogP contribution in [0.5, 0.6) is 5.75 Å². The predicted octanol–water partition coefficient (Wildman–Crippen LogP) is 3.60. The van der Waals surface area contributed by atoms with Gasteiger partial charge in [-0.2, -0.15) is 0 Å². The molecule has 2 atom stereocenters. The number of carbonyl (C=O) groups excluding carboxylic acids is 1. The van der Waals surface area contributed by atoms with Crippen molar-refractivity contribution in [3.63, 3.8) is 0 Å². The van der Waals surface area contributed by atoms with Crippen molar-refractivity contribution in [2.75, 3.05) is 39.9 Å². The van der Waals surface area contributed by atoms with E-state index in [2.05, 4.69) is 9.88 Å². The third kappa shape index (κ3) is 4.08. The Morgan fingerprint density at radius 2 is 2.10 bits per heavy atom. The smallest absolute Gasteiger partial charge is 0.255 e. The molecule has 1 aromatic heterocycles. The lowest BCUT2D eigenvalue weighted by Gasteiger charge is -2.46. The summed E-state index contributed by atoms with van der Waals surface area (Å²) in [6.07, 6.45) is 1.59. The van der Waals surface area contributed by atoms with Crippen molar-refractivity contribution in [3.05, 3.63) is 57.3 Å². The zero-order chi connectivity index (χ0) is 20.5. The SMILES string of the molecule is COc1cccc(C(=O)N2CCN3C[C@@H](c4cc(C)c(Cl)cn4)OC[C@@H]3C2)c1Cl. The van der Waals surface area contributed by atoms with Gasteiger partial charge in [-0.15, -0.1) is 0 Å². The molecule has 1 amide bonds. The van der Waals surface area contributed by atoms with Gasteiger partial charge in [0.15, 0.2) is 0 Å². The maximum atomic E-state index is 13.0. The van der Waals surface area contributed by atoms with E-state index in [-0.39, 0.29) is 18.1 Å². The van der Waals surface area contributed by atoms with E-state index < -0.39 is 0 Å². The standard InChI is InChI=1S/C21H23Cl2N3O3/c1-13-8-17(24-9-16(13)22)19-11-25-6-7-26(10-14(25)12-29-19)21(27)15-4-3-5-18(28-2)20(15)23/h3-5,8-9,14,19H,6-7,10-12H2,1-2H3/t14-,19-/m0/s1. The summed E-state index contributed by atoms with van der Waals surface area (Å²) in [6.45, 7) is 5.29. The van der Waals surface area contributed by atoms with Crippen molar-refractivity contribution in [1.82, 2.24) is 14.8 Å². The first-order valence-electron chi connectivity index (χ1n) is 9.57. The summed E-state index contributed by atoms with van der Waals surface area (Å²) in [4.78, 5) is 21.7. The summed E-state index contributed by atoms with van der Waals surface area (Å²) in [5.41, 5.74) is 2.36. The first-order valence-corrected chi connectivity index (χ1v) is 10.3. The van der Waals surface area contributed by atoms with Gasteiger partial charge in [-0.05, 0) is 30.7 Å². The molecule has 2 aliphatic rings. The van der Waals surface area contributed by atoms with Crippen molar-refractivity contribution in [1.29, 1.82) is 0 Å². The normalized spacial score (nSPS) is 22.3. The molecule has 29 heavy (non-hydrogen) atoms. The molecule has 2 fully saturated rings. The Bertz CT molecular complexity index is 924. The van der Waals surface area contributed by atoms with Gasteiger partial charge in [0.25, 0.3) is 5.91 Å². The molecule has 6 nitrogen and oxygen atoms in total. The van der Waals surface area contributed by atoms with Crippen LogP contribution >= 0.6 is 23.2 Å². The molecule has 0 N–H and O–H groups in total. The molecular weight excluding hydrogens is 413 g/mol. The lowest BCUT2D eigenvalue weighted by atomic mass is 10.1. The van der Waals surface area contributed by atoms with Gasteiger partial charge >= 0.3 is 0 Å². The molecule has 0 radical (unpaired) electrons. The molecule has 0 bridgehead atoms. The molecule has 1 aromatic carbocycles. The summed E-state index contributed by atoms with van der Waals surface area (Å²) in [7, 11) is 1.54. The van der Waals surface area contributed by atoms with E-state index in [9.17, 15) is 4.79 Å². The molecule has 3 heterocycles. The van der Waals surface area contributed by atoms with E-state index in [0.29, 0.717) is 41.1 Å². The quantitative estimate of drug-likeness (QED) is 0.736. The van der Waals surface area contributed by atoms with Gasteiger partial charge in [0.05, 0.1) is 41.1 Å². The van der Waals surface area contributed by atoms with Crippen molar-refractivity contribution >= 4 is 29.1 Å². The number of carbonyl (C=O) groups is 1. The average molecular weight is 436 g/mol. The monoisotopic (exact) mass is 435 g/mol. The molecular formula is C21H23Cl2N3O3. The van der Waals surface area contributed by atoms with Crippen LogP contribution in [0.2, 0.25) is 10.0 Å². The Labute approximate surface area is 180 Å². The Kier molecular flexibility index (Phi) is 5.97. The minimum atomic E-state index is -0.0858. The molecule has 2 saturated heterocycles. The molecule has 2 aromatic rings. The minimum absolute atomic E-state index is 0.0781. The van der Waals surface area contributed by atoms with Crippen LogP contribution < -0.4 is 4.74 Å². The number of halogens is 2. The van der Waals surface area contributed by atoms with Crippen LogP contribution in [0.4, 0.5) is 0 Å². The number of pyridine rings is 1. The van der Waals surface area contributed by atoms with E-state index in [1.807, 2.05) is 17.9 Å². The summed E-state index contributed by atoms with van der Waals surface area (Å²) in [5, 5.41) is 1.01. The van der Waals surface area contributed by atoms with Crippen LogP contribution in [0.15, 0.2) is 30.5 Å². The number of ether oxygens (including phenoxy) is 2. The molecule has 0 spiro atoms. The summed E-state index contributed by atoms with van der Waals surface area (Å²) < 4.78 is 11.3. The van der Waals surface area contributed by atoms with Gasteiger partial charge in [0.2, 0.25) is 0 Å². The number of fused-ring (bicyclic) bond motifs is 1. The van der Waals surface area contributed by atoms with Gasteiger partial charge in [-0.25, -0.2) is 0 Å². The van der Waals surface area contributed by atoms with E-state index in [0.717, 1.165) is 24.3 Å². The molecule has 0 aliphatic carbocycles. The van der Waals surface area contributed by atoms with Gasteiger partial charge in [0.1, 0.15) is 11.9 Å². The lowest BCUT2D eigenvalue weighted by Crippen LogP contribution is -2.59. The average Bonchev–Trinajstić information content (AvgIpc) is 2.74. The fourth-order valence-corrected chi connectivity index (χ4v) is 4.28. The lowest BCUT2D eigenvalue weighted by molar-refractivity contribution is -0.0872. The largest absolute Gasteiger partial charge is 0.495 e. The Morgan fingerprint density at radius 1 is 1.28 bits per heavy atom. The van der Waals surface area contributed by atoms with Crippen LogP contribution in [0.1, 0.15) is 27.7 Å². The van der Waals surface area contributed by atoms with Crippen molar-refractivity contribution in [3.8, 4) is 5.75 Å². The molecule has 0 saturated carbocycles. The Hall–Kier alpha value is -1.86. The van der Waals surface area contributed by atoms with Gasteiger partial charge in [-0.3, -0.25) is 14.7 Å². The highest BCUT2D eigenvalue weighted by atomic mass is 35.5. The highest BCUT2D eigenvalue weighted by molar-refractivity contribution is 6.35. The van der Waals surface area contributed by atoms with E-state index in [1.165, 1.54) is 0 Å². The van der Waals surface area contributed by atoms with Gasteiger partial charge in [-0.1, -0.05) is 29.3 Å². The number of hydrogen-bond acceptors (Lipinski definition) is 5. The van der Waals surface area contributed by atoms with Crippen molar-refractivity contribution < 1.29 is 14.3 Å². The highest BCUT2D eigenvalue weighted by Gasteiger charge is 2.36. The maximum absolute atomic E-state index is 13.0. The molecule has 154 valence electrons. The van der Waals surface area contributed by atoms with Crippen LogP contribution in [0.3, 0.4) is 0 Å².